The Labute approximate surface area is 167 Å². The van der Waals surface area contributed by atoms with Crippen molar-refractivity contribution in [3.63, 3.8) is 0 Å². The molecule has 0 saturated heterocycles. The van der Waals surface area contributed by atoms with Crippen molar-refractivity contribution in [1.82, 2.24) is 10.3 Å². The summed E-state index contributed by atoms with van der Waals surface area (Å²) in [6, 6.07) is 8.23. The number of aliphatic carboxylic acids is 1. The normalized spacial score (nSPS) is 20.2. The van der Waals surface area contributed by atoms with Crippen molar-refractivity contribution in [2.24, 2.45) is 11.3 Å². The Bertz CT molecular complexity index is 805. The number of carbonyl (C=O) groups is 1. The van der Waals surface area contributed by atoms with Gasteiger partial charge in [0.15, 0.2) is 0 Å². The van der Waals surface area contributed by atoms with Gasteiger partial charge in [-0.05, 0) is 60.6 Å². The third kappa shape index (κ3) is 5.68. The topological polar surface area (TPSA) is 71.5 Å². The molecule has 0 amide bonds. The van der Waals surface area contributed by atoms with Crippen LogP contribution in [0.4, 0.5) is 0 Å². The summed E-state index contributed by atoms with van der Waals surface area (Å²) in [5.41, 5.74) is 1.30. The number of nitrogens with one attached hydrogen (secondary N) is 1. The van der Waals surface area contributed by atoms with Crippen molar-refractivity contribution in [2.75, 3.05) is 6.54 Å². The van der Waals surface area contributed by atoms with Gasteiger partial charge in [0.1, 0.15) is 5.75 Å². The summed E-state index contributed by atoms with van der Waals surface area (Å²) in [5.74, 6) is 0.912. The third-order valence-corrected chi connectivity index (χ3v) is 5.77. The van der Waals surface area contributed by atoms with E-state index in [1.54, 1.807) is 0 Å². The fraction of sp³-hybridized carbons (Fsp3) is 0.565. The number of carboxylic acids is 1. The lowest BCUT2D eigenvalue weighted by atomic mass is 9.72. The summed E-state index contributed by atoms with van der Waals surface area (Å²) in [5, 5.41) is 14.0. The molecule has 0 bridgehead atoms. The first-order valence-corrected chi connectivity index (χ1v) is 10.3. The van der Waals surface area contributed by atoms with Crippen LogP contribution in [-0.4, -0.2) is 28.7 Å². The summed E-state index contributed by atoms with van der Waals surface area (Å²) in [7, 11) is 0. The second-order valence-electron chi connectivity index (χ2n) is 8.96. The molecule has 5 heteroatoms. The van der Waals surface area contributed by atoms with Gasteiger partial charge in [0.2, 0.25) is 0 Å². The lowest BCUT2D eigenvalue weighted by Crippen LogP contribution is -2.30. The zero-order valence-corrected chi connectivity index (χ0v) is 17.2. The molecular weight excluding hydrogens is 352 g/mol. The molecule has 0 unspecified atom stereocenters. The van der Waals surface area contributed by atoms with Crippen LogP contribution in [0.15, 0.2) is 30.5 Å². The standard InChI is InChI=1S/C23H32N2O3/c1-23(2,3)18-5-8-20(9-6-18)28-21-7-4-16-12-19(25-14-17(16)13-21)15-24-11-10-22(26)27/h4,7,12-14,18,20,24H,5-6,8-11,15H2,1-3H3,(H,26,27)/t18-,20-. The number of fused-ring (bicyclic) bond motifs is 1. The van der Waals surface area contributed by atoms with Gasteiger partial charge in [-0.25, -0.2) is 0 Å². The highest BCUT2D eigenvalue weighted by Crippen LogP contribution is 2.38. The summed E-state index contributed by atoms with van der Waals surface area (Å²) < 4.78 is 6.26. The van der Waals surface area contributed by atoms with Gasteiger partial charge in [-0.15, -0.1) is 0 Å². The molecule has 1 saturated carbocycles. The Balaban J connectivity index is 1.56. The smallest absolute Gasteiger partial charge is 0.304 e. The van der Waals surface area contributed by atoms with Gasteiger partial charge in [0.25, 0.3) is 0 Å². The van der Waals surface area contributed by atoms with Crippen LogP contribution in [0.2, 0.25) is 0 Å². The molecule has 0 radical (unpaired) electrons. The average molecular weight is 385 g/mol. The molecule has 3 rings (SSSR count). The van der Waals surface area contributed by atoms with E-state index >= 15 is 0 Å². The van der Waals surface area contributed by atoms with E-state index in [4.69, 9.17) is 9.84 Å². The van der Waals surface area contributed by atoms with Crippen molar-refractivity contribution >= 4 is 16.7 Å². The summed E-state index contributed by atoms with van der Waals surface area (Å²) in [6.45, 7) is 8.03. The molecule has 1 aliphatic rings. The number of aromatic nitrogens is 1. The molecule has 1 aromatic carbocycles. The Kier molecular flexibility index (Phi) is 6.55. The lowest BCUT2D eigenvalue weighted by Gasteiger charge is -2.36. The van der Waals surface area contributed by atoms with Gasteiger partial charge >= 0.3 is 5.97 Å². The van der Waals surface area contributed by atoms with Crippen LogP contribution in [0, 0.1) is 11.3 Å². The zero-order valence-electron chi connectivity index (χ0n) is 17.2. The number of pyridine rings is 1. The van der Waals surface area contributed by atoms with Crippen LogP contribution in [-0.2, 0) is 11.3 Å². The molecular formula is C23H32N2O3. The van der Waals surface area contributed by atoms with Crippen LogP contribution < -0.4 is 10.1 Å². The zero-order chi connectivity index (χ0) is 20.1. The van der Waals surface area contributed by atoms with Crippen LogP contribution in [0.1, 0.15) is 58.6 Å². The van der Waals surface area contributed by atoms with Crippen molar-refractivity contribution in [1.29, 1.82) is 0 Å². The minimum Gasteiger partial charge on any atom is -0.490 e. The van der Waals surface area contributed by atoms with Crippen molar-refractivity contribution in [3.8, 4) is 5.75 Å². The molecule has 0 spiro atoms. The minimum absolute atomic E-state index is 0.117. The van der Waals surface area contributed by atoms with E-state index in [-0.39, 0.29) is 6.42 Å². The lowest BCUT2D eigenvalue weighted by molar-refractivity contribution is -0.136. The van der Waals surface area contributed by atoms with Crippen molar-refractivity contribution in [3.05, 3.63) is 36.2 Å². The Morgan fingerprint density at radius 2 is 1.93 bits per heavy atom. The predicted molar refractivity (Wildman–Crippen MR) is 112 cm³/mol. The van der Waals surface area contributed by atoms with Gasteiger partial charge in [-0.3, -0.25) is 9.78 Å². The molecule has 2 N–H and O–H groups in total. The van der Waals surface area contributed by atoms with Gasteiger partial charge in [0, 0.05) is 24.7 Å². The van der Waals surface area contributed by atoms with Gasteiger partial charge in [-0.1, -0.05) is 26.8 Å². The highest BCUT2D eigenvalue weighted by Gasteiger charge is 2.30. The van der Waals surface area contributed by atoms with E-state index in [9.17, 15) is 4.79 Å². The minimum atomic E-state index is -0.793. The number of hydrogen-bond acceptors (Lipinski definition) is 4. The fourth-order valence-electron chi connectivity index (χ4n) is 3.99. The molecule has 0 atom stereocenters. The number of rotatable bonds is 7. The third-order valence-electron chi connectivity index (χ3n) is 5.77. The number of hydrogen-bond donors (Lipinski definition) is 2. The maximum atomic E-state index is 10.6. The maximum absolute atomic E-state index is 10.6. The summed E-state index contributed by atoms with van der Waals surface area (Å²) in [6.07, 6.45) is 7.02. The van der Waals surface area contributed by atoms with Crippen LogP contribution >= 0.6 is 0 Å². The molecule has 2 aromatic rings. The molecule has 1 fully saturated rings. The predicted octanol–water partition coefficient (Wildman–Crippen LogP) is 4.78. The maximum Gasteiger partial charge on any atom is 0.304 e. The molecule has 5 nitrogen and oxygen atoms in total. The molecule has 1 heterocycles. The first kappa shape index (κ1) is 20.6. The summed E-state index contributed by atoms with van der Waals surface area (Å²) in [4.78, 5) is 15.0. The van der Waals surface area contributed by atoms with Gasteiger partial charge < -0.3 is 15.2 Å². The quantitative estimate of drug-likeness (QED) is 0.672. The van der Waals surface area contributed by atoms with Gasteiger partial charge in [0.05, 0.1) is 18.2 Å². The van der Waals surface area contributed by atoms with Crippen LogP contribution in [0.3, 0.4) is 0 Å². The first-order valence-electron chi connectivity index (χ1n) is 10.3. The average Bonchev–Trinajstić information content (AvgIpc) is 2.65. The van der Waals surface area contributed by atoms with E-state index in [1.807, 2.05) is 18.3 Å². The Morgan fingerprint density at radius 1 is 1.18 bits per heavy atom. The van der Waals surface area contributed by atoms with Crippen LogP contribution in [0.25, 0.3) is 10.8 Å². The van der Waals surface area contributed by atoms with Crippen LogP contribution in [0.5, 0.6) is 5.75 Å². The van der Waals surface area contributed by atoms with E-state index in [0.717, 1.165) is 41.0 Å². The second kappa shape index (κ2) is 8.91. The largest absolute Gasteiger partial charge is 0.490 e. The second-order valence-corrected chi connectivity index (χ2v) is 8.96. The number of benzene rings is 1. The molecule has 28 heavy (non-hydrogen) atoms. The number of nitrogens with zero attached hydrogens (tertiary/aromatic N) is 1. The van der Waals surface area contributed by atoms with E-state index in [0.29, 0.717) is 24.6 Å². The summed E-state index contributed by atoms with van der Waals surface area (Å²) >= 11 is 0. The SMILES string of the molecule is CC(C)(C)[C@H]1CC[C@H](Oc2ccc3cc(CNCCC(=O)O)ncc3c2)CC1. The first-order chi connectivity index (χ1) is 13.3. The molecule has 1 aromatic heterocycles. The number of ether oxygens (including phenoxy) is 1. The van der Waals surface area contributed by atoms with E-state index < -0.39 is 5.97 Å². The number of carboxylic acid groups (broad SMARTS) is 1. The van der Waals surface area contributed by atoms with Crippen molar-refractivity contribution in [2.45, 2.75) is 65.5 Å². The van der Waals surface area contributed by atoms with E-state index in [2.05, 4.69) is 43.2 Å². The monoisotopic (exact) mass is 384 g/mol. The fourth-order valence-corrected chi connectivity index (χ4v) is 3.99. The van der Waals surface area contributed by atoms with Crippen molar-refractivity contribution < 1.29 is 14.6 Å². The van der Waals surface area contributed by atoms with E-state index in [1.165, 1.54) is 12.8 Å². The highest BCUT2D eigenvalue weighted by atomic mass is 16.5. The van der Waals surface area contributed by atoms with Gasteiger partial charge in [-0.2, -0.15) is 0 Å². The molecule has 0 aliphatic heterocycles. The molecule has 152 valence electrons. The Hall–Kier alpha value is -2.14. The highest BCUT2D eigenvalue weighted by molar-refractivity contribution is 5.83. The molecule has 1 aliphatic carbocycles. The Morgan fingerprint density at radius 3 is 2.61 bits per heavy atom.